The molecule has 0 saturated heterocycles. The van der Waals surface area contributed by atoms with Crippen LogP contribution in [0.25, 0.3) is 6.08 Å². The summed E-state index contributed by atoms with van der Waals surface area (Å²) in [6, 6.07) is 17.0. The Kier molecular flexibility index (Phi) is 7.27. The van der Waals surface area contributed by atoms with E-state index in [9.17, 15) is 22.6 Å². The molecule has 0 aliphatic rings. The summed E-state index contributed by atoms with van der Waals surface area (Å²) in [5.41, 5.74) is 0.608. The summed E-state index contributed by atoms with van der Waals surface area (Å²) in [6.45, 7) is 0. The Morgan fingerprint density at radius 2 is 1.48 bits per heavy atom. The molecule has 8 nitrogen and oxygen atoms in total. The number of ether oxygens (including phenoxy) is 3. The van der Waals surface area contributed by atoms with E-state index in [4.69, 9.17) is 14.2 Å². The number of hydrogen-bond donors (Lipinski definition) is 1. The van der Waals surface area contributed by atoms with Crippen LogP contribution in [0.2, 0.25) is 0 Å². The molecule has 3 rings (SSSR count). The SMILES string of the molecule is COc1ccccc1/C=C/C(=O)Oc1cc(OC)c(S(=O)(=O)O)cc1C(=O)c1ccccc1. The molecule has 3 aromatic rings. The zero-order valence-corrected chi connectivity index (χ0v) is 18.5. The third-order valence-corrected chi connectivity index (χ3v) is 5.45. The van der Waals surface area contributed by atoms with Crippen LogP contribution < -0.4 is 14.2 Å². The van der Waals surface area contributed by atoms with Gasteiger partial charge in [-0.2, -0.15) is 8.42 Å². The summed E-state index contributed by atoms with van der Waals surface area (Å²) in [5, 5.41) is 0. The van der Waals surface area contributed by atoms with E-state index in [1.54, 1.807) is 42.5 Å². The average Bonchev–Trinajstić information content (AvgIpc) is 2.82. The van der Waals surface area contributed by atoms with Gasteiger partial charge in [-0.1, -0.05) is 48.5 Å². The van der Waals surface area contributed by atoms with Gasteiger partial charge in [0.1, 0.15) is 22.1 Å². The van der Waals surface area contributed by atoms with Crippen LogP contribution in [-0.2, 0) is 14.9 Å². The van der Waals surface area contributed by atoms with Gasteiger partial charge in [0.05, 0.1) is 19.8 Å². The van der Waals surface area contributed by atoms with Crippen molar-refractivity contribution in [2.75, 3.05) is 14.2 Å². The minimum atomic E-state index is -4.73. The first-order valence-electron chi connectivity index (χ1n) is 9.56. The zero-order chi connectivity index (χ0) is 24.0. The number of carbonyl (C=O) groups is 2. The molecule has 0 unspecified atom stereocenters. The molecule has 0 aromatic heterocycles. The van der Waals surface area contributed by atoms with Gasteiger partial charge in [0.25, 0.3) is 10.1 Å². The minimum absolute atomic E-state index is 0.228. The van der Waals surface area contributed by atoms with Crippen molar-refractivity contribution in [3.63, 3.8) is 0 Å². The van der Waals surface area contributed by atoms with Crippen LogP contribution in [0.1, 0.15) is 21.5 Å². The van der Waals surface area contributed by atoms with Crippen molar-refractivity contribution < 1.29 is 36.8 Å². The van der Waals surface area contributed by atoms with E-state index in [1.807, 2.05) is 0 Å². The lowest BCUT2D eigenvalue weighted by Crippen LogP contribution is -2.12. The fraction of sp³-hybridized carbons (Fsp3) is 0.0833. The Labute approximate surface area is 190 Å². The van der Waals surface area contributed by atoms with E-state index < -0.39 is 26.8 Å². The van der Waals surface area contributed by atoms with Gasteiger partial charge in [-0.05, 0) is 18.2 Å². The second-order valence-electron chi connectivity index (χ2n) is 6.67. The summed E-state index contributed by atoms with van der Waals surface area (Å²) in [6.07, 6.45) is 2.61. The van der Waals surface area contributed by atoms with Gasteiger partial charge in [-0.3, -0.25) is 9.35 Å². The number of rotatable bonds is 8. The highest BCUT2D eigenvalue weighted by Gasteiger charge is 2.25. The molecule has 1 N–H and O–H groups in total. The largest absolute Gasteiger partial charge is 0.496 e. The fourth-order valence-electron chi connectivity index (χ4n) is 3.01. The van der Waals surface area contributed by atoms with Crippen LogP contribution in [0.15, 0.2) is 77.7 Å². The van der Waals surface area contributed by atoms with E-state index in [-0.39, 0.29) is 22.6 Å². The molecular formula is C24H20O8S. The molecule has 0 heterocycles. The van der Waals surface area contributed by atoms with E-state index in [2.05, 4.69) is 0 Å². The number of carbonyl (C=O) groups excluding carboxylic acids is 2. The molecule has 0 bridgehead atoms. The minimum Gasteiger partial charge on any atom is -0.496 e. The summed E-state index contributed by atoms with van der Waals surface area (Å²) < 4.78 is 48.8. The lowest BCUT2D eigenvalue weighted by molar-refractivity contribution is -0.128. The normalized spacial score (nSPS) is 11.2. The molecule has 0 spiro atoms. The number of hydrogen-bond acceptors (Lipinski definition) is 7. The second kappa shape index (κ2) is 10.1. The molecule has 0 amide bonds. The lowest BCUT2D eigenvalue weighted by atomic mass is 10.0. The summed E-state index contributed by atoms with van der Waals surface area (Å²) >= 11 is 0. The Morgan fingerprint density at radius 3 is 2.12 bits per heavy atom. The van der Waals surface area contributed by atoms with Crippen molar-refractivity contribution in [1.82, 2.24) is 0 Å². The molecule has 0 radical (unpaired) electrons. The van der Waals surface area contributed by atoms with Crippen molar-refractivity contribution in [2.24, 2.45) is 0 Å². The van der Waals surface area contributed by atoms with Gasteiger partial charge >= 0.3 is 5.97 Å². The van der Waals surface area contributed by atoms with E-state index in [0.29, 0.717) is 11.3 Å². The maximum atomic E-state index is 13.0. The topological polar surface area (TPSA) is 116 Å². The van der Waals surface area contributed by atoms with Crippen LogP contribution >= 0.6 is 0 Å². The van der Waals surface area contributed by atoms with Crippen LogP contribution in [0.5, 0.6) is 17.2 Å². The van der Waals surface area contributed by atoms with Crippen molar-refractivity contribution in [3.8, 4) is 17.2 Å². The van der Waals surface area contributed by atoms with Gasteiger partial charge in [0.2, 0.25) is 0 Å². The predicted octanol–water partition coefficient (Wildman–Crippen LogP) is 3.80. The zero-order valence-electron chi connectivity index (χ0n) is 17.7. The molecule has 0 atom stereocenters. The smallest absolute Gasteiger partial charge is 0.336 e. The third kappa shape index (κ3) is 5.65. The number of methoxy groups -OCH3 is 2. The molecule has 9 heteroatoms. The summed E-state index contributed by atoms with van der Waals surface area (Å²) in [4.78, 5) is 24.9. The van der Waals surface area contributed by atoms with Gasteiger partial charge < -0.3 is 14.2 Å². The van der Waals surface area contributed by atoms with Crippen molar-refractivity contribution in [3.05, 3.63) is 89.5 Å². The Hall–Kier alpha value is -3.95. The van der Waals surface area contributed by atoms with Gasteiger partial charge in [-0.25, -0.2) is 4.79 Å². The lowest BCUT2D eigenvalue weighted by Gasteiger charge is -2.13. The molecule has 33 heavy (non-hydrogen) atoms. The number of benzene rings is 3. The Bertz CT molecular complexity index is 1310. The van der Waals surface area contributed by atoms with Crippen LogP contribution in [0, 0.1) is 0 Å². The molecule has 3 aromatic carbocycles. The highest BCUT2D eigenvalue weighted by atomic mass is 32.2. The van der Waals surface area contributed by atoms with Gasteiger partial charge in [0, 0.05) is 23.3 Å². The maximum absolute atomic E-state index is 13.0. The van der Waals surface area contributed by atoms with Crippen molar-refractivity contribution in [2.45, 2.75) is 4.90 Å². The molecule has 0 aliphatic heterocycles. The first-order chi connectivity index (χ1) is 15.7. The number of ketones is 1. The fourth-order valence-corrected chi connectivity index (χ4v) is 3.68. The molecular weight excluding hydrogens is 448 g/mol. The predicted molar refractivity (Wildman–Crippen MR) is 120 cm³/mol. The summed E-state index contributed by atoms with van der Waals surface area (Å²) in [5.74, 6) is -1.42. The van der Waals surface area contributed by atoms with Gasteiger partial charge in [-0.15, -0.1) is 0 Å². The standard InChI is InChI=1S/C24H20O8S/c1-30-19-11-7-6-8-16(19)12-13-23(25)32-20-15-21(31-2)22(33(27,28)29)14-18(20)24(26)17-9-4-3-5-10-17/h3-15H,1-2H3,(H,27,28,29)/b13-12+. The second-order valence-corrected chi connectivity index (χ2v) is 8.06. The van der Waals surface area contributed by atoms with Crippen LogP contribution in [-0.4, -0.2) is 38.9 Å². The highest BCUT2D eigenvalue weighted by Crippen LogP contribution is 2.34. The Morgan fingerprint density at radius 1 is 0.848 bits per heavy atom. The van der Waals surface area contributed by atoms with Crippen molar-refractivity contribution >= 4 is 27.9 Å². The van der Waals surface area contributed by atoms with Crippen LogP contribution in [0.4, 0.5) is 0 Å². The molecule has 0 fully saturated rings. The van der Waals surface area contributed by atoms with E-state index in [0.717, 1.165) is 18.2 Å². The van der Waals surface area contributed by atoms with E-state index in [1.165, 1.54) is 32.4 Å². The maximum Gasteiger partial charge on any atom is 0.336 e. The summed E-state index contributed by atoms with van der Waals surface area (Å²) in [7, 11) is -2.06. The quantitative estimate of drug-likeness (QED) is 0.174. The molecule has 0 aliphatic carbocycles. The first kappa shape index (κ1) is 23.7. The molecule has 170 valence electrons. The Balaban J connectivity index is 2.03. The monoisotopic (exact) mass is 468 g/mol. The van der Waals surface area contributed by atoms with Crippen LogP contribution in [0.3, 0.4) is 0 Å². The third-order valence-electron chi connectivity index (χ3n) is 4.57. The molecule has 0 saturated carbocycles. The number of para-hydroxylation sites is 1. The highest BCUT2D eigenvalue weighted by molar-refractivity contribution is 7.86. The van der Waals surface area contributed by atoms with Gasteiger partial charge in [0.15, 0.2) is 5.78 Å². The first-order valence-corrected chi connectivity index (χ1v) is 11.0. The van der Waals surface area contributed by atoms with Crippen molar-refractivity contribution in [1.29, 1.82) is 0 Å². The van der Waals surface area contributed by atoms with E-state index >= 15 is 0 Å². The average molecular weight is 468 g/mol. The number of esters is 1.